The van der Waals surface area contributed by atoms with Crippen molar-refractivity contribution >= 4 is 34.6 Å². The third-order valence-electron chi connectivity index (χ3n) is 3.51. The predicted molar refractivity (Wildman–Crippen MR) is 96.8 cm³/mol. The Kier molecular flexibility index (Phi) is 5.61. The molecule has 1 aromatic heterocycles. The van der Waals surface area contributed by atoms with E-state index in [1.54, 1.807) is 40.7 Å². The van der Waals surface area contributed by atoms with Gasteiger partial charge in [0.1, 0.15) is 17.7 Å². The summed E-state index contributed by atoms with van der Waals surface area (Å²) in [4.78, 5) is 35.3. The van der Waals surface area contributed by atoms with Crippen molar-refractivity contribution in [2.45, 2.75) is 40.2 Å². The van der Waals surface area contributed by atoms with Gasteiger partial charge < -0.3 is 19.2 Å². The number of esters is 1. The lowest BCUT2D eigenvalue weighted by molar-refractivity contribution is -0.133. The van der Waals surface area contributed by atoms with Crippen LogP contribution in [0.1, 0.15) is 31.9 Å². The van der Waals surface area contributed by atoms with Crippen LogP contribution in [-0.4, -0.2) is 24.2 Å². The van der Waals surface area contributed by atoms with Crippen LogP contribution in [0.25, 0.3) is 11.0 Å². The summed E-state index contributed by atoms with van der Waals surface area (Å²) in [7, 11) is 0. The monoisotopic (exact) mass is 381 g/mol. The molecule has 0 saturated heterocycles. The highest BCUT2D eigenvalue weighted by molar-refractivity contribution is 6.33. The Bertz CT molecular complexity index is 926. The molecule has 7 nitrogen and oxygen atoms in total. The van der Waals surface area contributed by atoms with Gasteiger partial charge in [0.25, 0.3) is 0 Å². The Labute approximate surface area is 155 Å². The number of hydrogen-bond donors (Lipinski definition) is 1. The Balaban J connectivity index is 2.14. The number of benzene rings is 1. The maximum atomic E-state index is 11.9. The van der Waals surface area contributed by atoms with Gasteiger partial charge in [-0.2, -0.15) is 0 Å². The lowest BCUT2D eigenvalue weighted by Crippen LogP contribution is -2.36. The summed E-state index contributed by atoms with van der Waals surface area (Å²) < 4.78 is 15.4. The van der Waals surface area contributed by atoms with Crippen LogP contribution in [-0.2, 0) is 9.53 Å². The summed E-state index contributed by atoms with van der Waals surface area (Å²) >= 11 is 6.15. The molecule has 0 aliphatic carbocycles. The molecule has 0 spiro atoms. The summed E-state index contributed by atoms with van der Waals surface area (Å²) in [6, 6.07) is 2.93. The number of halogens is 1. The summed E-state index contributed by atoms with van der Waals surface area (Å²) in [5, 5.41) is 3.12. The summed E-state index contributed by atoms with van der Waals surface area (Å²) in [6.07, 6.45) is -0.740. The van der Waals surface area contributed by atoms with E-state index in [-0.39, 0.29) is 16.4 Å². The molecule has 26 heavy (non-hydrogen) atoms. The van der Waals surface area contributed by atoms with E-state index in [0.29, 0.717) is 10.9 Å². The average molecular weight is 382 g/mol. The van der Waals surface area contributed by atoms with Crippen molar-refractivity contribution in [1.29, 1.82) is 0 Å². The van der Waals surface area contributed by atoms with E-state index in [9.17, 15) is 14.4 Å². The Morgan fingerprint density at radius 1 is 1.19 bits per heavy atom. The fraction of sp³-hybridized carbons (Fsp3) is 0.389. The topological polar surface area (TPSA) is 94.8 Å². The van der Waals surface area contributed by atoms with Gasteiger partial charge in [-0.25, -0.2) is 14.4 Å². The van der Waals surface area contributed by atoms with Crippen LogP contribution >= 0.6 is 11.6 Å². The number of nitrogens with one attached hydrogen (secondary N) is 1. The zero-order valence-electron chi connectivity index (χ0n) is 15.2. The van der Waals surface area contributed by atoms with E-state index in [1.807, 2.05) is 0 Å². The molecule has 8 heteroatoms. The van der Waals surface area contributed by atoms with Gasteiger partial charge in [-0.1, -0.05) is 11.6 Å². The van der Waals surface area contributed by atoms with Crippen LogP contribution in [0.2, 0.25) is 5.02 Å². The third-order valence-corrected chi connectivity index (χ3v) is 3.80. The van der Waals surface area contributed by atoms with Gasteiger partial charge in [-0.3, -0.25) is 0 Å². The molecule has 1 aromatic carbocycles. The molecule has 2 rings (SSSR count). The molecule has 140 valence electrons. The van der Waals surface area contributed by atoms with Gasteiger partial charge in [0.2, 0.25) is 0 Å². The van der Waals surface area contributed by atoms with E-state index in [1.165, 1.54) is 6.07 Å². The summed E-state index contributed by atoms with van der Waals surface area (Å²) in [6.45, 7) is 8.15. The molecule has 1 heterocycles. The number of carbonyl (C=O) groups excluding carboxylic acids is 2. The number of amides is 1. The van der Waals surface area contributed by atoms with Gasteiger partial charge in [0, 0.05) is 17.0 Å². The zero-order valence-corrected chi connectivity index (χ0v) is 15.9. The van der Waals surface area contributed by atoms with Gasteiger partial charge >= 0.3 is 17.7 Å². The Morgan fingerprint density at radius 2 is 1.85 bits per heavy atom. The number of carbonyl (C=O) groups is 2. The smallest absolute Gasteiger partial charge is 0.408 e. The van der Waals surface area contributed by atoms with Crippen LogP contribution in [0.3, 0.4) is 0 Å². The highest BCUT2D eigenvalue weighted by Crippen LogP contribution is 2.31. The number of ether oxygens (including phenoxy) is 2. The number of fused-ring (bicyclic) bond motifs is 1. The predicted octanol–water partition coefficient (Wildman–Crippen LogP) is 3.49. The van der Waals surface area contributed by atoms with Gasteiger partial charge in [-0.05, 0) is 46.2 Å². The molecule has 0 fully saturated rings. The minimum absolute atomic E-state index is 0.0292. The zero-order chi connectivity index (χ0) is 19.6. The second-order valence-corrected chi connectivity index (χ2v) is 7.16. The minimum atomic E-state index is -0.747. The van der Waals surface area contributed by atoms with Crippen molar-refractivity contribution < 1.29 is 23.5 Å². The standard InChI is InChI=1S/C18H20ClNO6/c1-9-10(2)16(22)25-13-7-14(12(19)6-11(9)13)24-15(21)8-20-17(23)26-18(3,4)5/h6-7H,8H2,1-5H3,(H,20,23). The first-order valence-electron chi connectivity index (χ1n) is 7.89. The first kappa shape index (κ1) is 19.8. The van der Waals surface area contributed by atoms with E-state index in [0.717, 1.165) is 5.56 Å². The maximum Gasteiger partial charge on any atom is 0.408 e. The van der Waals surface area contributed by atoms with Crippen molar-refractivity contribution in [3.63, 3.8) is 0 Å². The molecule has 0 bridgehead atoms. The van der Waals surface area contributed by atoms with Gasteiger partial charge in [-0.15, -0.1) is 0 Å². The largest absolute Gasteiger partial charge is 0.444 e. The normalized spacial score (nSPS) is 11.3. The molecule has 1 N–H and O–H groups in total. The van der Waals surface area contributed by atoms with Crippen LogP contribution in [0.15, 0.2) is 21.3 Å². The van der Waals surface area contributed by atoms with E-state index in [4.69, 9.17) is 25.5 Å². The van der Waals surface area contributed by atoms with Crippen molar-refractivity contribution in [3.8, 4) is 5.75 Å². The SMILES string of the molecule is Cc1c(C)c2cc(Cl)c(OC(=O)CNC(=O)OC(C)(C)C)cc2oc1=O. The lowest BCUT2D eigenvalue weighted by Gasteiger charge is -2.19. The van der Waals surface area contributed by atoms with Crippen LogP contribution in [0.4, 0.5) is 4.79 Å². The van der Waals surface area contributed by atoms with E-state index < -0.39 is 29.8 Å². The fourth-order valence-corrected chi connectivity index (χ4v) is 2.34. The number of hydrogen-bond acceptors (Lipinski definition) is 6. The molecular weight excluding hydrogens is 362 g/mol. The second-order valence-electron chi connectivity index (χ2n) is 6.75. The lowest BCUT2D eigenvalue weighted by atomic mass is 10.1. The third kappa shape index (κ3) is 4.76. The number of rotatable bonds is 3. The second kappa shape index (κ2) is 7.37. The first-order valence-corrected chi connectivity index (χ1v) is 8.27. The highest BCUT2D eigenvalue weighted by Gasteiger charge is 2.18. The molecule has 1 amide bonds. The molecule has 0 saturated carbocycles. The molecule has 0 aliphatic rings. The molecule has 0 atom stereocenters. The van der Waals surface area contributed by atoms with Crippen LogP contribution in [0.5, 0.6) is 5.75 Å². The fourth-order valence-electron chi connectivity index (χ4n) is 2.14. The molecule has 0 unspecified atom stereocenters. The summed E-state index contributed by atoms with van der Waals surface area (Å²) in [5.41, 5.74) is 0.331. The average Bonchev–Trinajstić information content (AvgIpc) is 2.51. The Morgan fingerprint density at radius 3 is 2.46 bits per heavy atom. The van der Waals surface area contributed by atoms with E-state index >= 15 is 0 Å². The Hall–Kier alpha value is -2.54. The van der Waals surface area contributed by atoms with Gasteiger partial charge in [0.05, 0.1) is 5.02 Å². The van der Waals surface area contributed by atoms with Crippen LogP contribution in [0, 0.1) is 13.8 Å². The van der Waals surface area contributed by atoms with E-state index in [2.05, 4.69) is 5.32 Å². The highest BCUT2D eigenvalue weighted by atomic mass is 35.5. The molecule has 0 radical (unpaired) electrons. The van der Waals surface area contributed by atoms with Crippen LogP contribution < -0.4 is 15.7 Å². The van der Waals surface area contributed by atoms with Crippen molar-refractivity contribution in [2.75, 3.05) is 6.54 Å². The quantitative estimate of drug-likeness (QED) is 0.496. The van der Waals surface area contributed by atoms with Crippen molar-refractivity contribution in [1.82, 2.24) is 5.32 Å². The molecule has 2 aromatic rings. The summed E-state index contributed by atoms with van der Waals surface area (Å²) in [5.74, 6) is -0.718. The molecule has 0 aliphatic heterocycles. The maximum absolute atomic E-state index is 11.9. The van der Waals surface area contributed by atoms with Gasteiger partial charge in [0.15, 0.2) is 5.75 Å². The van der Waals surface area contributed by atoms with Crippen molar-refractivity contribution in [2.24, 2.45) is 0 Å². The number of alkyl carbamates (subject to hydrolysis) is 1. The minimum Gasteiger partial charge on any atom is -0.444 e. The van der Waals surface area contributed by atoms with Crippen molar-refractivity contribution in [3.05, 3.63) is 38.7 Å². The number of aryl methyl sites for hydroxylation is 1. The first-order chi connectivity index (χ1) is 12.0. The molecular formula is C18H20ClNO6.